The Labute approximate surface area is 142 Å². The normalized spacial score (nSPS) is 12.0. The van der Waals surface area contributed by atoms with Crippen LogP contribution in [0.3, 0.4) is 0 Å². The van der Waals surface area contributed by atoms with E-state index in [0.717, 1.165) is 10.2 Å². The maximum absolute atomic E-state index is 11.9. The van der Waals surface area contributed by atoms with Gasteiger partial charge in [-0.2, -0.15) is 0 Å². The van der Waals surface area contributed by atoms with Crippen LogP contribution in [-0.2, 0) is 11.3 Å². The van der Waals surface area contributed by atoms with Crippen molar-refractivity contribution in [1.29, 1.82) is 0 Å². The van der Waals surface area contributed by atoms with Crippen LogP contribution in [0, 0.1) is 0 Å². The highest BCUT2D eigenvalue weighted by molar-refractivity contribution is 6.36. The fourth-order valence-corrected chi connectivity index (χ4v) is 2.80. The number of aromatic carboxylic acids is 1. The molecule has 1 aromatic carbocycles. The summed E-state index contributed by atoms with van der Waals surface area (Å²) < 4.78 is 1.16. The van der Waals surface area contributed by atoms with E-state index >= 15 is 0 Å². The van der Waals surface area contributed by atoms with E-state index in [9.17, 15) is 9.59 Å². The van der Waals surface area contributed by atoms with E-state index in [1.807, 2.05) is 6.92 Å². The number of carbonyl (C=O) groups is 2. The Hall–Kier alpha value is -2.12. The molecular weight excluding hydrogens is 343 g/mol. The Balaban J connectivity index is 1.92. The summed E-state index contributed by atoms with van der Waals surface area (Å²) in [4.78, 5) is 22.6. The highest BCUT2D eigenvalue weighted by Crippen LogP contribution is 2.30. The van der Waals surface area contributed by atoms with Gasteiger partial charge in [0.15, 0.2) is 5.69 Å². The summed E-state index contributed by atoms with van der Waals surface area (Å²) in [5.41, 5.74) is 0.555. The summed E-state index contributed by atoms with van der Waals surface area (Å²) in [7, 11) is 0. The molecule has 0 aliphatic rings. The number of aromatic nitrogens is 3. The minimum absolute atomic E-state index is 0.0783. The van der Waals surface area contributed by atoms with Gasteiger partial charge in [-0.15, -0.1) is 5.10 Å². The van der Waals surface area contributed by atoms with Crippen LogP contribution in [-0.4, -0.2) is 38.5 Å². The minimum atomic E-state index is -1.20. The van der Waals surface area contributed by atoms with Gasteiger partial charge in [0.25, 0.3) is 0 Å². The highest BCUT2D eigenvalue weighted by Gasteiger charge is 2.15. The second-order valence-electron chi connectivity index (χ2n) is 4.95. The van der Waals surface area contributed by atoms with Crippen LogP contribution in [0.1, 0.15) is 28.9 Å². The molecular formula is C14H14Cl2N4O3. The molecule has 23 heavy (non-hydrogen) atoms. The predicted octanol–water partition coefficient (Wildman–Crippen LogP) is 2.20. The van der Waals surface area contributed by atoms with Gasteiger partial charge >= 0.3 is 5.97 Å². The summed E-state index contributed by atoms with van der Waals surface area (Å²) in [5.74, 6) is -1.59. The molecule has 7 nitrogen and oxygen atoms in total. The Morgan fingerprint density at radius 3 is 2.57 bits per heavy atom. The highest BCUT2D eigenvalue weighted by atomic mass is 35.5. The van der Waals surface area contributed by atoms with Crippen LogP contribution < -0.4 is 5.32 Å². The van der Waals surface area contributed by atoms with Crippen LogP contribution in [0.2, 0.25) is 10.0 Å². The van der Waals surface area contributed by atoms with Gasteiger partial charge in [-0.3, -0.25) is 4.79 Å². The van der Waals surface area contributed by atoms with Crippen molar-refractivity contribution < 1.29 is 14.7 Å². The molecule has 0 saturated heterocycles. The van der Waals surface area contributed by atoms with Crippen molar-refractivity contribution in [2.24, 2.45) is 0 Å². The van der Waals surface area contributed by atoms with Crippen molar-refractivity contribution in [2.45, 2.75) is 19.4 Å². The van der Waals surface area contributed by atoms with E-state index < -0.39 is 5.97 Å². The van der Waals surface area contributed by atoms with Gasteiger partial charge in [-0.1, -0.05) is 41.4 Å². The van der Waals surface area contributed by atoms with E-state index in [0.29, 0.717) is 16.6 Å². The molecule has 0 saturated carbocycles. The second kappa shape index (κ2) is 7.43. The molecule has 2 N–H and O–H groups in total. The minimum Gasteiger partial charge on any atom is -0.476 e. The van der Waals surface area contributed by atoms with Crippen molar-refractivity contribution >= 4 is 35.1 Å². The number of hydrogen-bond donors (Lipinski definition) is 2. The number of rotatable bonds is 6. The van der Waals surface area contributed by atoms with Crippen LogP contribution in [0.4, 0.5) is 0 Å². The molecule has 0 aliphatic carbocycles. The third kappa shape index (κ3) is 4.43. The number of nitrogens with zero attached hydrogens (tertiary/aromatic N) is 3. The van der Waals surface area contributed by atoms with Crippen LogP contribution in [0.5, 0.6) is 0 Å². The molecule has 0 radical (unpaired) electrons. The molecule has 1 heterocycles. The molecule has 1 atom stereocenters. The Bertz CT molecular complexity index is 712. The quantitative estimate of drug-likeness (QED) is 0.826. The van der Waals surface area contributed by atoms with Crippen molar-refractivity contribution in [3.05, 3.63) is 45.7 Å². The van der Waals surface area contributed by atoms with E-state index in [1.54, 1.807) is 18.2 Å². The zero-order valence-corrected chi connectivity index (χ0v) is 13.7. The second-order valence-corrected chi connectivity index (χ2v) is 5.76. The average Bonchev–Trinajstić information content (AvgIpc) is 2.93. The fourth-order valence-electron chi connectivity index (χ4n) is 2.03. The molecule has 0 spiro atoms. The molecule has 1 amide bonds. The van der Waals surface area contributed by atoms with Gasteiger partial charge in [-0.25, -0.2) is 9.48 Å². The number of carboxylic acids is 1. The van der Waals surface area contributed by atoms with Crippen molar-refractivity contribution in [1.82, 2.24) is 20.3 Å². The van der Waals surface area contributed by atoms with Gasteiger partial charge in [0.2, 0.25) is 5.91 Å². The van der Waals surface area contributed by atoms with E-state index in [-0.39, 0.29) is 24.1 Å². The Morgan fingerprint density at radius 1 is 1.35 bits per heavy atom. The monoisotopic (exact) mass is 356 g/mol. The molecule has 0 bridgehead atoms. The van der Waals surface area contributed by atoms with Gasteiger partial charge in [0, 0.05) is 22.5 Å². The lowest BCUT2D eigenvalue weighted by molar-refractivity contribution is -0.121. The van der Waals surface area contributed by atoms with Gasteiger partial charge in [-0.05, 0) is 17.7 Å². The van der Waals surface area contributed by atoms with Gasteiger partial charge in [0.05, 0.1) is 6.20 Å². The number of amides is 1. The fraction of sp³-hybridized carbons (Fsp3) is 0.286. The molecule has 122 valence electrons. The smallest absolute Gasteiger partial charge is 0.358 e. The zero-order chi connectivity index (χ0) is 17.0. The summed E-state index contributed by atoms with van der Waals surface area (Å²) in [6, 6.07) is 5.23. The van der Waals surface area contributed by atoms with Crippen LogP contribution in [0.15, 0.2) is 24.4 Å². The van der Waals surface area contributed by atoms with E-state index in [2.05, 4.69) is 15.6 Å². The lowest BCUT2D eigenvalue weighted by atomic mass is 10.0. The molecule has 2 aromatic rings. The summed E-state index contributed by atoms with van der Waals surface area (Å²) in [6.45, 7) is 2.11. The van der Waals surface area contributed by atoms with Crippen molar-refractivity contribution in [3.8, 4) is 0 Å². The molecule has 1 unspecified atom stereocenters. The summed E-state index contributed by atoms with van der Waals surface area (Å²) in [5, 5.41) is 19.6. The lowest BCUT2D eigenvalue weighted by Crippen LogP contribution is -2.31. The predicted molar refractivity (Wildman–Crippen MR) is 84.9 cm³/mol. The first kappa shape index (κ1) is 17.2. The SMILES string of the molecule is CC(CNC(=O)Cn1cc(C(=O)O)nn1)c1c(Cl)cccc1Cl. The zero-order valence-electron chi connectivity index (χ0n) is 12.2. The first-order valence-electron chi connectivity index (χ1n) is 6.72. The number of halogens is 2. The van der Waals surface area contributed by atoms with E-state index in [1.165, 1.54) is 6.20 Å². The third-order valence-electron chi connectivity index (χ3n) is 3.16. The third-order valence-corrected chi connectivity index (χ3v) is 3.82. The Kier molecular flexibility index (Phi) is 5.57. The van der Waals surface area contributed by atoms with E-state index in [4.69, 9.17) is 28.3 Å². The number of benzene rings is 1. The van der Waals surface area contributed by atoms with Crippen molar-refractivity contribution in [3.63, 3.8) is 0 Å². The Morgan fingerprint density at radius 2 is 2.00 bits per heavy atom. The first-order valence-corrected chi connectivity index (χ1v) is 7.48. The molecule has 0 aliphatic heterocycles. The van der Waals surface area contributed by atoms with Crippen molar-refractivity contribution in [2.75, 3.05) is 6.54 Å². The number of carbonyl (C=O) groups excluding carboxylic acids is 1. The number of carboxylic acid groups (broad SMARTS) is 1. The van der Waals surface area contributed by atoms with Gasteiger partial charge in [0.1, 0.15) is 6.54 Å². The first-order chi connectivity index (χ1) is 10.9. The van der Waals surface area contributed by atoms with Gasteiger partial charge < -0.3 is 10.4 Å². The summed E-state index contributed by atoms with van der Waals surface area (Å²) in [6.07, 6.45) is 1.19. The lowest BCUT2D eigenvalue weighted by Gasteiger charge is -2.16. The molecule has 9 heteroatoms. The molecule has 1 aromatic heterocycles. The van der Waals surface area contributed by atoms with Crippen LogP contribution >= 0.6 is 23.2 Å². The summed E-state index contributed by atoms with van der Waals surface area (Å²) >= 11 is 12.3. The molecule has 0 fully saturated rings. The van der Waals surface area contributed by atoms with Crippen LogP contribution in [0.25, 0.3) is 0 Å². The largest absolute Gasteiger partial charge is 0.476 e. The topological polar surface area (TPSA) is 97.1 Å². The number of hydrogen-bond acceptors (Lipinski definition) is 4. The number of nitrogens with one attached hydrogen (secondary N) is 1. The standard InChI is InChI=1S/C14H14Cl2N4O3/c1-8(13-9(15)3-2-4-10(13)16)5-17-12(21)7-20-6-11(14(22)23)18-19-20/h2-4,6,8H,5,7H2,1H3,(H,17,21)(H,22,23). The maximum Gasteiger partial charge on any atom is 0.358 e. The maximum atomic E-state index is 11.9. The molecule has 2 rings (SSSR count). The average molecular weight is 357 g/mol.